The van der Waals surface area contributed by atoms with Crippen molar-refractivity contribution in [3.63, 3.8) is 0 Å². The van der Waals surface area contributed by atoms with Gasteiger partial charge in [0.25, 0.3) is 5.91 Å². The van der Waals surface area contributed by atoms with E-state index >= 15 is 0 Å². The predicted octanol–water partition coefficient (Wildman–Crippen LogP) is 2.00. The Bertz CT molecular complexity index is 1320. The number of pyridine rings is 1. The number of nitrogen functional groups attached to an aromatic ring is 1. The largest absolute Gasteiger partial charge is 0.436 e. The van der Waals surface area contributed by atoms with Gasteiger partial charge in [0, 0.05) is 56.6 Å². The Morgan fingerprint density at radius 3 is 2.62 bits per heavy atom. The summed E-state index contributed by atoms with van der Waals surface area (Å²) in [7, 11) is 0. The lowest BCUT2D eigenvalue weighted by atomic mass is 10.0. The fourth-order valence-electron chi connectivity index (χ4n) is 6.37. The molecule has 4 aliphatic heterocycles. The second kappa shape index (κ2) is 12.1. The van der Waals surface area contributed by atoms with Gasteiger partial charge in [-0.2, -0.15) is 0 Å². The van der Waals surface area contributed by atoms with Gasteiger partial charge in [0.05, 0.1) is 13.3 Å². The molecule has 6 rings (SSSR count). The van der Waals surface area contributed by atoms with Crippen LogP contribution in [0.15, 0.2) is 36.5 Å². The number of urea groups is 1. The minimum atomic E-state index is -0.959. The average Bonchev–Trinajstić information content (AvgIpc) is 3.43. The number of anilines is 2. The molecular weight excluding hydrogens is 536 g/mol. The molecule has 1 aromatic heterocycles. The van der Waals surface area contributed by atoms with Gasteiger partial charge < -0.3 is 35.8 Å². The van der Waals surface area contributed by atoms with Crippen molar-refractivity contribution in [2.75, 3.05) is 57.1 Å². The van der Waals surface area contributed by atoms with Crippen LogP contribution in [-0.4, -0.2) is 107 Å². The number of nitrogens with one attached hydrogen (secondary N) is 2. The fraction of sp³-hybridized carbons (Fsp3) is 0.533. The summed E-state index contributed by atoms with van der Waals surface area (Å²) in [5, 5.41) is 6.40. The summed E-state index contributed by atoms with van der Waals surface area (Å²) in [5.41, 5.74) is 9.49. The van der Waals surface area contributed by atoms with E-state index in [1.54, 1.807) is 16.0 Å². The summed E-state index contributed by atoms with van der Waals surface area (Å²) >= 11 is 0. The Labute approximate surface area is 246 Å². The zero-order valence-corrected chi connectivity index (χ0v) is 24.1. The lowest BCUT2D eigenvalue weighted by molar-refractivity contribution is -0.160. The number of likely N-dealkylation sites (tertiary alicyclic amines) is 1. The van der Waals surface area contributed by atoms with Gasteiger partial charge in [-0.3, -0.25) is 9.69 Å². The highest BCUT2D eigenvalue weighted by molar-refractivity contribution is 5.91. The zero-order valence-electron chi connectivity index (χ0n) is 24.1. The average molecular weight is 577 g/mol. The van der Waals surface area contributed by atoms with E-state index in [2.05, 4.69) is 20.5 Å². The molecule has 4 N–H and O–H groups in total. The van der Waals surface area contributed by atoms with Crippen LogP contribution in [0.1, 0.15) is 36.0 Å². The first-order chi connectivity index (χ1) is 20.4. The molecule has 5 heterocycles. The number of nitrogens with two attached hydrogens (primary N) is 1. The van der Waals surface area contributed by atoms with Crippen LogP contribution in [-0.2, 0) is 22.4 Å². The molecule has 2 atom stereocenters. The van der Waals surface area contributed by atoms with Crippen LogP contribution in [0.2, 0.25) is 0 Å². The number of para-hydroxylation sites is 1. The highest BCUT2D eigenvalue weighted by atomic mass is 16.6. The maximum Gasteiger partial charge on any atom is 0.410 e. The third-order valence-electron chi connectivity index (χ3n) is 8.99. The van der Waals surface area contributed by atoms with Crippen LogP contribution < -0.4 is 16.4 Å². The molecule has 0 saturated carbocycles. The van der Waals surface area contributed by atoms with Gasteiger partial charge in [0.2, 0.25) is 0 Å². The molecule has 3 fully saturated rings. The van der Waals surface area contributed by atoms with E-state index in [1.165, 1.54) is 0 Å². The molecule has 42 heavy (non-hydrogen) atoms. The van der Waals surface area contributed by atoms with E-state index in [-0.39, 0.29) is 24.4 Å². The first-order valence-corrected chi connectivity index (χ1v) is 14.9. The van der Waals surface area contributed by atoms with Crippen LogP contribution >= 0.6 is 0 Å². The molecule has 4 amide bonds. The summed E-state index contributed by atoms with van der Waals surface area (Å²) in [6.45, 7) is 6.39. The molecule has 2 unspecified atom stereocenters. The van der Waals surface area contributed by atoms with E-state index in [0.29, 0.717) is 57.7 Å². The fourth-order valence-corrected chi connectivity index (χ4v) is 6.37. The minimum absolute atomic E-state index is 0.0294. The Morgan fingerprint density at radius 2 is 1.88 bits per heavy atom. The topological polar surface area (TPSA) is 136 Å². The number of hydrogen-bond acceptors (Lipinski definition) is 8. The number of carbonyl (C=O) groups excluding carboxylic acids is 3. The molecular formula is C30H40N8O4. The Balaban J connectivity index is 1.07. The number of hydrogen-bond donors (Lipinski definition) is 3. The van der Waals surface area contributed by atoms with E-state index in [9.17, 15) is 14.4 Å². The molecule has 0 aliphatic carbocycles. The van der Waals surface area contributed by atoms with Gasteiger partial charge in [-0.1, -0.05) is 24.3 Å². The highest BCUT2D eigenvalue weighted by Gasteiger charge is 2.40. The standard InChI is InChI=1S/C30H40N8O4/c1-20-14-21(16-33-27(20)31)15-26(28(39)37-18-36(19-37)24-6-10-32-17-24)42-30(41)35-11-8-23(9-12-35)38-13-7-22-4-2-3-5-25(22)34-29(38)40/h2-5,14,16,23-24,26,32H,6-13,15,17-19H2,1H3,(H2,31,33)(H,34,40). The van der Waals surface area contributed by atoms with Gasteiger partial charge in [0.1, 0.15) is 5.82 Å². The summed E-state index contributed by atoms with van der Waals surface area (Å²) in [4.78, 5) is 51.7. The second-order valence-corrected chi connectivity index (χ2v) is 11.8. The van der Waals surface area contributed by atoms with Crippen molar-refractivity contribution in [2.45, 2.75) is 57.2 Å². The molecule has 4 aliphatic rings. The Morgan fingerprint density at radius 1 is 1.10 bits per heavy atom. The molecule has 12 nitrogen and oxygen atoms in total. The van der Waals surface area contributed by atoms with E-state index in [1.807, 2.05) is 42.2 Å². The van der Waals surface area contributed by atoms with Gasteiger partial charge in [0.15, 0.2) is 6.10 Å². The third kappa shape index (κ3) is 6.00. The maximum absolute atomic E-state index is 13.6. The zero-order chi connectivity index (χ0) is 29.2. The number of fused-ring (bicyclic) bond motifs is 1. The van der Waals surface area contributed by atoms with Crippen LogP contribution in [0, 0.1) is 6.92 Å². The van der Waals surface area contributed by atoms with Crippen LogP contribution in [0.25, 0.3) is 0 Å². The lowest BCUT2D eigenvalue weighted by Gasteiger charge is -2.46. The quantitative estimate of drug-likeness (QED) is 0.475. The number of amides is 4. The van der Waals surface area contributed by atoms with Crippen molar-refractivity contribution < 1.29 is 19.1 Å². The molecule has 12 heteroatoms. The number of piperidine rings is 1. The lowest BCUT2D eigenvalue weighted by Crippen LogP contribution is -2.63. The maximum atomic E-state index is 13.6. The summed E-state index contributed by atoms with van der Waals surface area (Å²) < 4.78 is 5.92. The van der Waals surface area contributed by atoms with Crippen LogP contribution in [0.5, 0.6) is 0 Å². The van der Waals surface area contributed by atoms with Gasteiger partial charge in [-0.05, 0) is 61.9 Å². The molecule has 3 saturated heterocycles. The SMILES string of the molecule is Cc1cc(CC(OC(=O)N2CCC(N3CCc4ccccc4NC3=O)CC2)C(=O)N2CN(C3CCNC3)C2)cnc1N. The number of benzene rings is 1. The van der Waals surface area contributed by atoms with E-state index in [4.69, 9.17) is 10.5 Å². The smallest absolute Gasteiger partial charge is 0.410 e. The first-order valence-electron chi connectivity index (χ1n) is 14.9. The number of nitrogens with zero attached hydrogens (tertiary/aromatic N) is 5. The molecule has 2 aromatic rings. The number of carbonyl (C=O) groups is 3. The van der Waals surface area contributed by atoms with Crippen LogP contribution in [0.3, 0.4) is 0 Å². The van der Waals surface area contributed by atoms with Gasteiger partial charge in [-0.25, -0.2) is 14.6 Å². The van der Waals surface area contributed by atoms with E-state index in [0.717, 1.165) is 48.3 Å². The Hall–Kier alpha value is -3.90. The van der Waals surface area contributed by atoms with E-state index < -0.39 is 12.2 Å². The molecule has 0 spiro atoms. The summed E-state index contributed by atoms with van der Waals surface area (Å²) in [6.07, 6.45) is 3.55. The van der Waals surface area contributed by atoms with Crippen molar-refractivity contribution >= 4 is 29.5 Å². The molecule has 1 aromatic carbocycles. The number of ether oxygens (including phenoxy) is 1. The highest BCUT2D eigenvalue weighted by Crippen LogP contribution is 2.26. The normalized spacial score (nSPS) is 22.2. The van der Waals surface area contributed by atoms with Crippen molar-refractivity contribution in [1.82, 2.24) is 29.9 Å². The van der Waals surface area contributed by atoms with Crippen molar-refractivity contribution in [3.8, 4) is 0 Å². The number of rotatable bonds is 6. The predicted molar refractivity (Wildman–Crippen MR) is 158 cm³/mol. The monoisotopic (exact) mass is 576 g/mol. The molecule has 0 bridgehead atoms. The Kier molecular flexibility index (Phi) is 8.16. The van der Waals surface area contributed by atoms with Gasteiger partial charge >= 0.3 is 12.1 Å². The minimum Gasteiger partial charge on any atom is -0.436 e. The van der Waals surface area contributed by atoms with Gasteiger partial charge in [-0.15, -0.1) is 0 Å². The summed E-state index contributed by atoms with van der Waals surface area (Å²) in [5.74, 6) is 0.239. The number of aryl methyl sites for hydroxylation is 1. The van der Waals surface area contributed by atoms with Crippen molar-refractivity contribution in [2.24, 2.45) is 0 Å². The second-order valence-electron chi connectivity index (χ2n) is 11.8. The van der Waals surface area contributed by atoms with Crippen molar-refractivity contribution in [1.29, 1.82) is 0 Å². The molecule has 224 valence electrons. The summed E-state index contributed by atoms with van der Waals surface area (Å²) in [6, 6.07) is 10.1. The third-order valence-corrected chi connectivity index (χ3v) is 8.99. The molecule has 0 radical (unpaired) electrons. The number of aromatic nitrogens is 1. The van der Waals surface area contributed by atoms with Crippen LogP contribution in [0.4, 0.5) is 21.1 Å². The first kappa shape index (κ1) is 28.2. The van der Waals surface area contributed by atoms with Crippen molar-refractivity contribution in [3.05, 3.63) is 53.2 Å².